The van der Waals surface area contributed by atoms with Gasteiger partial charge in [-0.1, -0.05) is 0 Å². The van der Waals surface area contributed by atoms with Crippen molar-refractivity contribution in [3.63, 3.8) is 0 Å². The second kappa shape index (κ2) is 4.55. The molecule has 2 fully saturated rings. The molecule has 3 aliphatic rings. The first-order chi connectivity index (χ1) is 10.1. The molecule has 1 aliphatic carbocycles. The van der Waals surface area contributed by atoms with Crippen molar-refractivity contribution >= 4 is 5.91 Å². The first kappa shape index (κ1) is 13.3. The third-order valence-corrected chi connectivity index (χ3v) is 4.91. The lowest BCUT2D eigenvalue weighted by Gasteiger charge is -2.36. The van der Waals surface area contributed by atoms with Gasteiger partial charge in [0.15, 0.2) is 5.69 Å². The number of hydrogen-bond donors (Lipinski definition) is 1. The Morgan fingerprint density at radius 3 is 3.00 bits per heavy atom. The van der Waals surface area contributed by atoms with Gasteiger partial charge in [0.1, 0.15) is 0 Å². The van der Waals surface area contributed by atoms with Crippen LogP contribution in [0, 0.1) is 0 Å². The Balaban J connectivity index is 1.66. The van der Waals surface area contributed by atoms with Crippen LogP contribution < -0.4 is 0 Å². The minimum Gasteiger partial charge on any atom is -0.377 e. The normalized spacial score (nSPS) is 30.3. The van der Waals surface area contributed by atoms with Crippen molar-refractivity contribution in [2.24, 2.45) is 0 Å². The van der Waals surface area contributed by atoms with Crippen molar-refractivity contribution in [2.75, 3.05) is 19.8 Å². The van der Waals surface area contributed by atoms with Crippen LogP contribution in [0.1, 0.15) is 54.5 Å². The van der Waals surface area contributed by atoms with Gasteiger partial charge in [-0.05, 0) is 26.7 Å². The third-order valence-electron chi connectivity index (χ3n) is 4.91. The van der Waals surface area contributed by atoms with Gasteiger partial charge in [0.25, 0.3) is 5.91 Å². The van der Waals surface area contributed by atoms with Crippen LogP contribution in [0.15, 0.2) is 0 Å². The lowest BCUT2D eigenvalue weighted by atomic mass is 9.99. The highest BCUT2D eigenvalue weighted by Crippen LogP contribution is 2.44. The van der Waals surface area contributed by atoms with E-state index in [0.717, 1.165) is 30.5 Å². The van der Waals surface area contributed by atoms with Crippen LogP contribution in [0.4, 0.5) is 0 Å². The van der Waals surface area contributed by atoms with Gasteiger partial charge >= 0.3 is 0 Å². The summed E-state index contributed by atoms with van der Waals surface area (Å²) in [5.41, 5.74) is 2.52. The second-order valence-electron chi connectivity index (χ2n) is 6.49. The summed E-state index contributed by atoms with van der Waals surface area (Å²) in [5, 5.41) is 7.32. The SMILES string of the molecule is C[C@@H]1Cc2c(C(=O)N3CCOCC34CC4)n[nH]c2[C@H](C)O1. The number of aromatic nitrogens is 2. The minimum absolute atomic E-state index is 0.0302. The molecule has 1 aromatic heterocycles. The number of hydrogen-bond acceptors (Lipinski definition) is 4. The van der Waals surface area contributed by atoms with Crippen molar-refractivity contribution in [1.29, 1.82) is 0 Å². The average molecular weight is 291 g/mol. The molecule has 0 unspecified atom stereocenters. The average Bonchev–Trinajstić information content (AvgIpc) is 3.08. The standard InChI is InChI=1S/C15H21N3O3/c1-9-7-11-12(10(2)21-9)16-17-13(11)14(19)18-5-6-20-8-15(18)3-4-15/h9-10H,3-8H2,1-2H3,(H,16,17)/t9-,10+/m1/s1. The van der Waals surface area contributed by atoms with Crippen LogP contribution in [0.25, 0.3) is 0 Å². The van der Waals surface area contributed by atoms with Crippen molar-refractivity contribution < 1.29 is 14.3 Å². The van der Waals surface area contributed by atoms with Gasteiger partial charge in [-0.2, -0.15) is 5.10 Å². The maximum absolute atomic E-state index is 12.9. The van der Waals surface area contributed by atoms with Gasteiger partial charge in [0.05, 0.1) is 36.7 Å². The molecule has 6 nitrogen and oxygen atoms in total. The molecule has 1 aromatic rings. The highest BCUT2D eigenvalue weighted by Gasteiger charge is 2.52. The monoisotopic (exact) mass is 291 g/mol. The van der Waals surface area contributed by atoms with Crippen LogP contribution in [-0.4, -0.2) is 52.4 Å². The molecule has 0 aromatic carbocycles. The summed E-state index contributed by atoms with van der Waals surface area (Å²) in [5.74, 6) is 0.0506. The van der Waals surface area contributed by atoms with Gasteiger partial charge in [-0.15, -0.1) is 0 Å². The van der Waals surface area contributed by atoms with E-state index in [4.69, 9.17) is 9.47 Å². The Labute approximate surface area is 123 Å². The van der Waals surface area contributed by atoms with E-state index in [1.165, 1.54) is 0 Å². The number of aromatic amines is 1. The van der Waals surface area contributed by atoms with Crippen molar-refractivity contribution in [1.82, 2.24) is 15.1 Å². The fraction of sp³-hybridized carbons (Fsp3) is 0.733. The van der Waals surface area contributed by atoms with Crippen LogP contribution in [-0.2, 0) is 15.9 Å². The van der Waals surface area contributed by atoms with Crippen molar-refractivity contribution in [3.05, 3.63) is 17.0 Å². The van der Waals surface area contributed by atoms with E-state index >= 15 is 0 Å². The summed E-state index contributed by atoms with van der Waals surface area (Å²) < 4.78 is 11.3. The van der Waals surface area contributed by atoms with Crippen LogP contribution >= 0.6 is 0 Å². The molecule has 1 saturated heterocycles. The van der Waals surface area contributed by atoms with E-state index in [-0.39, 0.29) is 23.7 Å². The Hall–Kier alpha value is -1.40. The highest BCUT2D eigenvalue weighted by atomic mass is 16.5. The molecule has 21 heavy (non-hydrogen) atoms. The fourth-order valence-electron chi connectivity index (χ4n) is 3.59. The zero-order chi connectivity index (χ0) is 14.6. The quantitative estimate of drug-likeness (QED) is 0.850. The molecule has 1 N–H and O–H groups in total. The molecule has 1 saturated carbocycles. The number of carbonyl (C=O) groups is 1. The third kappa shape index (κ3) is 2.00. The Morgan fingerprint density at radius 2 is 2.24 bits per heavy atom. The van der Waals surface area contributed by atoms with Gasteiger partial charge in [0.2, 0.25) is 0 Å². The van der Waals surface area contributed by atoms with E-state index in [0.29, 0.717) is 25.5 Å². The molecule has 0 radical (unpaired) electrons. The summed E-state index contributed by atoms with van der Waals surface area (Å²) in [4.78, 5) is 14.9. The molecule has 4 rings (SSSR count). The number of morpholine rings is 1. The Morgan fingerprint density at radius 1 is 1.43 bits per heavy atom. The van der Waals surface area contributed by atoms with Crippen LogP contribution in [0.2, 0.25) is 0 Å². The fourth-order valence-corrected chi connectivity index (χ4v) is 3.59. The lowest BCUT2D eigenvalue weighted by Crippen LogP contribution is -2.51. The van der Waals surface area contributed by atoms with E-state index in [2.05, 4.69) is 10.2 Å². The lowest BCUT2D eigenvalue weighted by molar-refractivity contribution is -0.0131. The number of amides is 1. The van der Waals surface area contributed by atoms with Gasteiger partial charge in [-0.25, -0.2) is 0 Å². The molecular formula is C15H21N3O3. The molecule has 2 atom stereocenters. The molecule has 6 heteroatoms. The Bertz CT molecular complexity index is 579. The predicted molar refractivity (Wildman–Crippen MR) is 75.1 cm³/mol. The van der Waals surface area contributed by atoms with E-state index in [9.17, 15) is 4.79 Å². The smallest absolute Gasteiger partial charge is 0.275 e. The van der Waals surface area contributed by atoms with E-state index in [1.807, 2.05) is 18.7 Å². The zero-order valence-corrected chi connectivity index (χ0v) is 12.5. The Kier molecular flexibility index (Phi) is 2.87. The maximum atomic E-state index is 12.9. The number of nitrogens with one attached hydrogen (secondary N) is 1. The number of ether oxygens (including phenoxy) is 2. The van der Waals surface area contributed by atoms with Gasteiger partial charge in [0, 0.05) is 18.5 Å². The minimum atomic E-state index is -0.0520. The van der Waals surface area contributed by atoms with E-state index in [1.54, 1.807) is 0 Å². The van der Waals surface area contributed by atoms with Crippen LogP contribution in [0.3, 0.4) is 0 Å². The van der Waals surface area contributed by atoms with E-state index < -0.39 is 0 Å². The summed E-state index contributed by atoms with van der Waals surface area (Å²) in [7, 11) is 0. The summed E-state index contributed by atoms with van der Waals surface area (Å²) in [6, 6.07) is 0. The molecular weight excluding hydrogens is 270 g/mol. The number of fused-ring (bicyclic) bond motifs is 1. The molecule has 2 aliphatic heterocycles. The van der Waals surface area contributed by atoms with Crippen LogP contribution in [0.5, 0.6) is 0 Å². The number of carbonyl (C=O) groups excluding carboxylic acids is 1. The molecule has 114 valence electrons. The summed E-state index contributed by atoms with van der Waals surface area (Å²) >= 11 is 0. The number of H-pyrrole nitrogens is 1. The molecule has 0 bridgehead atoms. The largest absolute Gasteiger partial charge is 0.377 e. The highest BCUT2D eigenvalue weighted by molar-refractivity contribution is 5.95. The first-order valence-electron chi connectivity index (χ1n) is 7.73. The second-order valence-corrected chi connectivity index (χ2v) is 6.49. The first-order valence-corrected chi connectivity index (χ1v) is 7.73. The summed E-state index contributed by atoms with van der Waals surface area (Å²) in [6.45, 7) is 6.00. The van der Waals surface area contributed by atoms with Gasteiger partial charge < -0.3 is 14.4 Å². The number of nitrogens with zero attached hydrogens (tertiary/aromatic N) is 2. The molecule has 3 heterocycles. The van der Waals surface area contributed by atoms with Crippen molar-refractivity contribution in [3.8, 4) is 0 Å². The van der Waals surface area contributed by atoms with Gasteiger partial charge in [-0.3, -0.25) is 9.89 Å². The topological polar surface area (TPSA) is 67.5 Å². The number of rotatable bonds is 1. The maximum Gasteiger partial charge on any atom is 0.275 e. The summed E-state index contributed by atoms with van der Waals surface area (Å²) in [6.07, 6.45) is 2.92. The van der Waals surface area contributed by atoms with Crippen molar-refractivity contribution in [2.45, 2.75) is 50.9 Å². The zero-order valence-electron chi connectivity index (χ0n) is 12.5. The predicted octanol–water partition coefficient (Wildman–Crippen LogP) is 1.44. The molecule has 1 spiro atoms. The molecule has 1 amide bonds.